The third-order valence-electron chi connectivity index (χ3n) is 3.04. The molecule has 2 heterocycles. The van der Waals surface area contributed by atoms with E-state index < -0.39 is 5.97 Å². The predicted octanol–water partition coefficient (Wildman–Crippen LogP) is 3.09. The van der Waals surface area contributed by atoms with Crippen LogP contribution < -0.4 is 4.90 Å². The van der Waals surface area contributed by atoms with Gasteiger partial charge in [-0.3, -0.25) is 4.79 Å². The monoisotopic (exact) mass is 305 g/mol. The maximum atomic E-state index is 12.1. The van der Waals surface area contributed by atoms with E-state index in [0.29, 0.717) is 12.3 Å². The lowest BCUT2D eigenvalue weighted by molar-refractivity contribution is -0.116. The van der Waals surface area contributed by atoms with Gasteiger partial charge in [-0.1, -0.05) is 6.07 Å². The quantitative estimate of drug-likeness (QED) is 0.946. The molecule has 0 atom stereocenters. The first kappa shape index (κ1) is 13.2. The minimum Gasteiger partial charge on any atom is -0.478 e. The van der Waals surface area contributed by atoms with Crippen LogP contribution in [-0.2, 0) is 11.3 Å². The van der Waals surface area contributed by atoms with Crippen LogP contribution in [0, 0.1) is 0 Å². The van der Waals surface area contributed by atoms with Crippen molar-refractivity contribution in [2.45, 2.75) is 11.4 Å². The lowest BCUT2D eigenvalue weighted by Gasteiger charge is -2.28. The van der Waals surface area contributed by atoms with Crippen molar-refractivity contribution in [2.24, 2.45) is 0 Å². The van der Waals surface area contributed by atoms with Crippen LogP contribution >= 0.6 is 23.1 Å². The number of rotatable bonds is 3. The maximum absolute atomic E-state index is 12.1. The molecule has 0 aliphatic carbocycles. The Kier molecular flexibility index (Phi) is 3.50. The Labute approximate surface area is 124 Å². The van der Waals surface area contributed by atoms with E-state index in [9.17, 15) is 9.59 Å². The zero-order valence-electron chi connectivity index (χ0n) is 10.4. The van der Waals surface area contributed by atoms with Gasteiger partial charge in [-0.2, -0.15) is 0 Å². The topological polar surface area (TPSA) is 57.6 Å². The zero-order valence-corrected chi connectivity index (χ0v) is 12.0. The van der Waals surface area contributed by atoms with Gasteiger partial charge in [0.25, 0.3) is 0 Å². The number of benzene rings is 1. The van der Waals surface area contributed by atoms with Crippen molar-refractivity contribution in [3.05, 3.63) is 46.2 Å². The molecule has 0 saturated carbocycles. The van der Waals surface area contributed by atoms with E-state index in [1.165, 1.54) is 11.8 Å². The summed E-state index contributed by atoms with van der Waals surface area (Å²) < 4.78 is 0. The number of thiophene rings is 1. The third-order valence-corrected chi connectivity index (χ3v) is 4.93. The molecule has 0 saturated heterocycles. The van der Waals surface area contributed by atoms with Crippen molar-refractivity contribution in [1.82, 2.24) is 0 Å². The Morgan fingerprint density at radius 2 is 2.20 bits per heavy atom. The SMILES string of the molecule is O=C(O)c1ccc2c(c1)SCC(=O)N2Cc1cccs1. The second kappa shape index (κ2) is 5.30. The number of hydrogen-bond acceptors (Lipinski definition) is 4. The lowest BCUT2D eigenvalue weighted by Crippen LogP contribution is -2.34. The molecule has 1 N–H and O–H groups in total. The average molecular weight is 305 g/mol. The highest BCUT2D eigenvalue weighted by Gasteiger charge is 2.25. The molecule has 2 aromatic rings. The highest BCUT2D eigenvalue weighted by atomic mass is 32.2. The summed E-state index contributed by atoms with van der Waals surface area (Å²) in [6.45, 7) is 0.538. The molecule has 0 unspecified atom stereocenters. The number of fused-ring (bicyclic) bond motifs is 1. The number of anilines is 1. The van der Waals surface area contributed by atoms with Crippen LogP contribution in [0.1, 0.15) is 15.2 Å². The average Bonchev–Trinajstić information content (AvgIpc) is 2.94. The van der Waals surface area contributed by atoms with Gasteiger partial charge in [0.2, 0.25) is 5.91 Å². The minimum absolute atomic E-state index is 0.0546. The molecule has 1 amide bonds. The summed E-state index contributed by atoms with van der Waals surface area (Å²) in [5.41, 5.74) is 1.05. The first-order valence-corrected chi connectivity index (χ1v) is 7.84. The van der Waals surface area contributed by atoms with Gasteiger partial charge in [-0.15, -0.1) is 23.1 Å². The number of carboxylic acid groups (broad SMARTS) is 1. The van der Waals surface area contributed by atoms with Crippen LogP contribution in [0.15, 0.2) is 40.6 Å². The van der Waals surface area contributed by atoms with Gasteiger partial charge in [0, 0.05) is 9.77 Å². The summed E-state index contributed by atoms with van der Waals surface area (Å²) in [5.74, 6) is -0.546. The van der Waals surface area contributed by atoms with Crippen LogP contribution in [0.3, 0.4) is 0 Å². The number of carboxylic acids is 1. The molecule has 4 nitrogen and oxygen atoms in total. The van der Waals surface area contributed by atoms with Crippen LogP contribution in [0.4, 0.5) is 5.69 Å². The van der Waals surface area contributed by atoms with Gasteiger partial charge >= 0.3 is 5.97 Å². The fourth-order valence-corrected chi connectivity index (χ4v) is 3.73. The molecule has 1 aromatic carbocycles. The largest absolute Gasteiger partial charge is 0.478 e. The third kappa shape index (κ3) is 2.44. The summed E-state index contributed by atoms with van der Waals surface area (Å²) in [6, 6.07) is 8.84. The number of thioether (sulfide) groups is 1. The van der Waals surface area contributed by atoms with Gasteiger partial charge in [-0.05, 0) is 29.6 Å². The number of carbonyl (C=O) groups excluding carboxylic acids is 1. The molecule has 1 aromatic heterocycles. The van der Waals surface area contributed by atoms with Gasteiger partial charge in [0.05, 0.1) is 23.5 Å². The van der Waals surface area contributed by atoms with Crippen LogP contribution in [-0.4, -0.2) is 22.7 Å². The number of aromatic carboxylic acids is 1. The van der Waals surface area contributed by atoms with E-state index in [-0.39, 0.29) is 11.5 Å². The Bertz CT molecular complexity index is 667. The van der Waals surface area contributed by atoms with E-state index in [2.05, 4.69) is 0 Å². The Balaban J connectivity index is 1.96. The summed E-state index contributed by atoms with van der Waals surface area (Å²) >= 11 is 3.00. The van der Waals surface area contributed by atoms with Gasteiger partial charge < -0.3 is 10.0 Å². The molecule has 1 aliphatic heterocycles. The van der Waals surface area contributed by atoms with E-state index in [0.717, 1.165) is 15.5 Å². The summed E-state index contributed by atoms with van der Waals surface area (Å²) in [5, 5.41) is 11.0. The second-order valence-corrected chi connectivity index (χ2v) is 6.39. The van der Waals surface area contributed by atoms with Crippen LogP contribution in [0.25, 0.3) is 0 Å². The molecule has 102 valence electrons. The fourth-order valence-electron chi connectivity index (χ4n) is 2.07. The molecule has 20 heavy (non-hydrogen) atoms. The van der Waals surface area contributed by atoms with Crippen molar-refractivity contribution in [1.29, 1.82) is 0 Å². The first-order valence-electron chi connectivity index (χ1n) is 5.98. The molecule has 0 radical (unpaired) electrons. The number of carbonyl (C=O) groups is 2. The second-order valence-electron chi connectivity index (χ2n) is 4.34. The highest BCUT2D eigenvalue weighted by Crippen LogP contribution is 2.37. The molecule has 3 rings (SSSR count). The lowest BCUT2D eigenvalue weighted by atomic mass is 10.2. The predicted molar refractivity (Wildman–Crippen MR) is 79.6 cm³/mol. The molecule has 0 bridgehead atoms. The van der Waals surface area contributed by atoms with Crippen LogP contribution in [0.5, 0.6) is 0 Å². The van der Waals surface area contributed by atoms with Gasteiger partial charge in [0.1, 0.15) is 0 Å². The van der Waals surface area contributed by atoms with Crippen molar-refractivity contribution < 1.29 is 14.7 Å². The zero-order chi connectivity index (χ0) is 14.1. The first-order chi connectivity index (χ1) is 9.65. The van der Waals surface area contributed by atoms with Crippen molar-refractivity contribution >= 4 is 40.7 Å². The molecule has 6 heteroatoms. The Hall–Kier alpha value is -1.79. The molecule has 0 spiro atoms. The van der Waals surface area contributed by atoms with E-state index in [1.807, 2.05) is 17.5 Å². The number of hydrogen-bond donors (Lipinski definition) is 1. The molecular formula is C14H11NO3S2. The Morgan fingerprint density at radius 3 is 2.90 bits per heavy atom. The number of nitrogens with zero attached hydrogens (tertiary/aromatic N) is 1. The summed E-state index contributed by atoms with van der Waals surface area (Å²) in [4.78, 5) is 26.8. The van der Waals surface area contributed by atoms with Crippen molar-refractivity contribution in [2.75, 3.05) is 10.7 Å². The number of amides is 1. The van der Waals surface area contributed by atoms with Crippen molar-refractivity contribution in [3.63, 3.8) is 0 Å². The summed E-state index contributed by atoms with van der Waals surface area (Å²) in [7, 11) is 0. The Morgan fingerprint density at radius 1 is 1.35 bits per heavy atom. The minimum atomic E-state index is -0.949. The smallest absolute Gasteiger partial charge is 0.335 e. The van der Waals surface area contributed by atoms with Crippen molar-refractivity contribution in [3.8, 4) is 0 Å². The van der Waals surface area contributed by atoms with Crippen LogP contribution in [0.2, 0.25) is 0 Å². The molecular weight excluding hydrogens is 294 g/mol. The highest BCUT2D eigenvalue weighted by molar-refractivity contribution is 8.00. The maximum Gasteiger partial charge on any atom is 0.335 e. The summed E-state index contributed by atoms with van der Waals surface area (Å²) in [6.07, 6.45) is 0. The fraction of sp³-hybridized carbons (Fsp3) is 0.143. The van der Waals surface area contributed by atoms with Gasteiger partial charge in [0.15, 0.2) is 0 Å². The van der Waals surface area contributed by atoms with E-state index in [1.54, 1.807) is 34.4 Å². The molecule has 0 fully saturated rings. The van der Waals surface area contributed by atoms with E-state index >= 15 is 0 Å². The van der Waals surface area contributed by atoms with E-state index in [4.69, 9.17) is 5.11 Å². The standard InChI is InChI=1S/C14H11NO3S2/c16-13-8-20-12-6-9(14(17)18)3-4-11(12)15(13)7-10-2-1-5-19-10/h1-6H,7-8H2,(H,17,18). The van der Waals surface area contributed by atoms with Gasteiger partial charge in [-0.25, -0.2) is 4.79 Å². The normalized spacial score (nSPS) is 14.2. The molecule has 1 aliphatic rings.